The molecular formula is C11H20N2. The minimum absolute atomic E-state index is 0.339. The molecule has 0 radical (unpaired) electrons. The number of hydrogen-bond donors (Lipinski definition) is 1. The maximum Gasteiger partial charge on any atom is 0.0962 e. The first-order chi connectivity index (χ1) is 6.22. The third-order valence-corrected chi connectivity index (χ3v) is 3.70. The van der Waals surface area contributed by atoms with E-state index in [1.807, 2.05) is 0 Å². The molecule has 2 nitrogen and oxygen atoms in total. The minimum Gasteiger partial charge on any atom is -0.355 e. The first kappa shape index (κ1) is 9.04. The highest BCUT2D eigenvalue weighted by atomic mass is 15.2. The van der Waals surface area contributed by atoms with Gasteiger partial charge in [-0.15, -0.1) is 0 Å². The molecule has 1 aliphatic heterocycles. The molecule has 2 aliphatic rings. The summed E-state index contributed by atoms with van der Waals surface area (Å²) >= 11 is 0. The predicted octanol–water partition coefficient (Wildman–Crippen LogP) is 2.78. The van der Waals surface area contributed by atoms with Gasteiger partial charge in [0.25, 0.3) is 0 Å². The summed E-state index contributed by atoms with van der Waals surface area (Å²) in [4.78, 5) is 2.37. The molecule has 2 rings (SSSR count). The number of nitrogens with one attached hydrogen (secondary N) is 1. The van der Waals surface area contributed by atoms with E-state index < -0.39 is 0 Å². The fourth-order valence-electron chi connectivity index (χ4n) is 2.85. The average molecular weight is 180 g/mol. The second kappa shape index (κ2) is 3.32. The van der Waals surface area contributed by atoms with Crippen molar-refractivity contribution >= 4 is 5.84 Å². The molecule has 0 unspecified atom stereocenters. The Bertz CT molecular complexity index is 204. The summed E-state index contributed by atoms with van der Waals surface area (Å²) < 4.78 is 0. The molecule has 2 fully saturated rings. The van der Waals surface area contributed by atoms with Crippen molar-refractivity contribution in [1.82, 2.24) is 4.90 Å². The first-order valence-corrected chi connectivity index (χ1v) is 5.57. The van der Waals surface area contributed by atoms with Crippen molar-refractivity contribution in [3.8, 4) is 0 Å². The monoisotopic (exact) mass is 180 g/mol. The smallest absolute Gasteiger partial charge is 0.0962 e. The number of rotatable bonds is 1. The van der Waals surface area contributed by atoms with Gasteiger partial charge in [0, 0.05) is 18.5 Å². The van der Waals surface area contributed by atoms with E-state index in [9.17, 15) is 0 Å². The van der Waals surface area contributed by atoms with Crippen LogP contribution in [0.3, 0.4) is 0 Å². The molecule has 0 atom stereocenters. The van der Waals surface area contributed by atoms with Gasteiger partial charge in [-0.1, -0.05) is 19.3 Å². The summed E-state index contributed by atoms with van der Waals surface area (Å²) in [5.74, 6) is 0.893. The molecule has 1 aliphatic carbocycles. The van der Waals surface area contributed by atoms with Crippen LogP contribution in [0, 0.1) is 5.41 Å². The lowest BCUT2D eigenvalue weighted by Crippen LogP contribution is -2.47. The van der Waals surface area contributed by atoms with Crippen LogP contribution < -0.4 is 0 Å². The van der Waals surface area contributed by atoms with E-state index in [2.05, 4.69) is 11.8 Å². The second-order valence-electron chi connectivity index (χ2n) is 4.76. The third kappa shape index (κ3) is 1.59. The molecule has 0 spiro atoms. The minimum atomic E-state index is 0.339. The fourth-order valence-corrected chi connectivity index (χ4v) is 2.85. The molecule has 1 saturated carbocycles. The van der Waals surface area contributed by atoms with Crippen molar-refractivity contribution in [2.75, 3.05) is 6.54 Å². The van der Waals surface area contributed by atoms with E-state index in [4.69, 9.17) is 5.41 Å². The quantitative estimate of drug-likeness (QED) is 0.660. The predicted molar refractivity (Wildman–Crippen MR) is 55.2 cm³/mol. The van der Waals surface area contributed by atoms with Crippen LogP contribution in [0.4, 0.5) is 0 Å². The molecule has 13 heavy (non-hydrogen) atoms. The zero-order valence-electron chi connectivity index (χ0n) is 8.60. The second-order valence-corrected chi connectivity index (χ2v) is 4.76. The molecule has 0 aromatic heterocycles. The van der Waals surface area contributed by atoms with Crippen LogP contribution in [0.5, 0.6) is 0 Å². The van der Waals surface area contributed by atoms with Gasteiger partial charge in [0.05, 0.1) is 5.84 Å². The topological polar surface area (TPSA) is 27.1 Å². The van der Waals surface area contributed by atoms with Crippen LogP contribution in [-0.4, -0.2) is 22.8 Å². The van der Waals surface area contributed by atoms with Crippen LogP contribution in [0.25, 0.3) is 0 Å². The normalized spacial score (nSPS) is 28.1. The van der Waals surface area contributed by atoms with Gasteiger partial charge in [0.1, 0.15) is 0 Å². The Morgan fingerprint density at radius 1 is 1.15 bits per heavy atom. The Balaban J connectivity index is 2.07. The molecule has 0 aromatic rings. The van der Waals surface area contributed by atoms with Crippen LogP contribution >= 0.6 is 0 Å². The van der Waals surface area contributed by atoms with E-state index in [-0.39, 0.29) is 0 Å². The van der Waals surface area contributed by atoms with Crippen molar-refractivity contribution in [3.63, 3.8) is 0 Å². The Morgan fingerprint density at radius 3 is 2.38 bits per heavy atom. The molecule has 0 amide bonds. The average Bonchev–Trinajstić information content (AvgIpc) is 2.53. The Morgan fingerprint density at radius 2 is 1.85 bits per heavy atom. The number of amidine groups is 1. The third-order valence-electron chi connectivity index (χ3n) is 3.70. The van der Waals surface area contributed by atoms with Crippen molar-refractivity contribution in [3.05, 3.63) is 0 Å². The van der Waals surface area contributed by atoms with Gasteiger partial charge in [0.2, 0.25) is 0 Å². The molecule has 1 saturated heterocycles. The Hall–Kier alpha value is -0.530. The lowest BCUT2D eigenvalue weighted by Gasteiger charge is -2.43. The highest BCUT2D eigenvalue weighted by Crippen LogP contribution is 2.35. The number of hydrogen-bond acceptors (Lipinski definition) is 1. The Kier molecular flexibility index (Phi) is 2.31. The largest absolute Gasteiger partial charge is 0.355 e. The summed E-state index contributed by atoms with van der Waals surface area (Å²) in [5.41, 5.74) is 0.339. The van der Waals surface area contributed by atoms with Gasteiger partial charge >= 0.3 is 0 Å². The molecule has 0 bridgehead atoms. The molecule has 74 valence electrons. The maximum absolute atomic E-state index is 7.89. The lowest BCUT2D eigenvalue weighted by molar-refractivity contribution is 0.146. The first-order valence-electron chi connectivity index (χ1n) is 5.57. The van der Waals surface area contributed by atoms with E-state index in [0.717, 1.165) is 18.8 Å². The van der Waals surface area contributed by atoms with E-state index >= 15 is 0 Å². The van der Waals surface area contributed by atoms with Crippen LogP contribution in [-0.2, 0) is 0 Å². The van der Waals surface area contributed by atoms with Crippen molar-refractivity contribution in [2.45, 2.75) is 57.4 Å². The van der Waals surface area contributed by atoms with E-state index in [1.54, 1.807) is 0 Å². The molecule has 2 heteroatoms. The van der Waals surface area contributed by atoms with E-state index in [0.29, 0.717) is 5.54 Å². The molecule has 1 heterocycles. The van der Waals surface area contributed by atoms with Crippen LogP contribution in [0.1, 0.15) is 51.9 Å². The van der Waals surface area contributed by atoms with Gasteiger partial charge in [0.15, 0.2) is 0 Å². The summed E-state index contributed by atoms with van der Waals surface area (Å²) in [7, 11) is 0. The summed E-state index contributed by atoms with van der Waals surface area (Å²) in [6.07, 6.45) is 8.94. The maximum atomic E-state index is 7.89. The van der Waals surface area contributed by atoms with Gasteiger partial charge in [-0.05, 0) is 26.2 Å². The SMILES string of the molecule is CC1(N2CCCC2=N)CCCCC1. The van der Waals surface area contributed by atoms with Crippen molar-refractivity contribution in [1.29, 1.82) is 5.41 Å². The molecule has 0 aromatic carbocycles. The highest BCUT2D eigenvalue weighted by Gasteiger charge is 2.36. The van der Waals surface area contributed by atoms with Crippen LogP contribution in [0.15, 0.2) is 0 Å². The Labute approximate surface area is 80.8 Å². The number of nitrogens with zero attached hydrogens (tertiary/aromatic N) is 1. The molecular weight excluding hydrogens is 160 g/mol. The van der Waals surface area contributed by atoms with Gasteiger partial charge < -0.3 is 4.90 Å². The van der Waals surface area contributed by atoms with Gasteiger partial charge in [-0.2, -0.15) is 0 Å². The van der Waals surface area contributed by atoms with Crippen molar-refractivity contribution in [2.24, 2.45) is 0 Å². The highest BCUT2D eigenvalue weighted by molar-refractivity contribution is 5.81. The van der Waals surface area contributed by atoms with Crippen LogP contribution in [0.2, 0.25) is 0 Å². The van der Waals surface area contributed by atoms with Gasteiger partial charge in [-0.3, -0.25) is 5.41 Å². The summed E-state index contributed by atoms with van der Waals surface area (Å²) in [6, 6.07) is 0. The standard InChI is InChI=1S/C11H20N2/c1-11(7-3-2-4-8-11)13-9-5-6-10(13)12/h12H,2-9H2,1H3. The fraction of sp³-hybridized carbons (Fsp3) is 0.909. The summed E-state index contributed by atoms with van der Waals surface area (Å²) in [5, 5.41) is 7.89. The number of likely N-dealkylation sites (tertiary alicyclic amines) is 1. The molecule has 1 N–H and O–H groups in total. The van der Waals surface area contributed by atoms with Gasteiger partial charge in [-0.25, -0.2) is 0 Å². The summed E-state index contributed by atoms with van der Waals surface area (Å²) in [6.45, 7) is 3.49. The lowest BCUT2D eigenvalue weighted by atomic mass is 9.82. The van der Waals surface area contributed by atoms with Crippen molar-refractivity contribution < 1.29 is 0 Å². The zero-order valence-corrected chi connectivity index (χ0v) is 8.60. The van der Waals surface area contributed by atoms with E-state index in [1.165, 1.54) is 38.5 Å². The zero-order chi connectivity index (χ0) is 9.31.